The Labute approximate surface area is 151 Å². The van der Waals surface area contributed by atoms with Gasteiger partial charge in [-0.25, -0.2) is 4.39 Å². The first-order chi connectivity index (χ1) is 12.4. The third kappa shape index (κ3) is 3.91. The Bertz CT molecular complexity index is 801. The number of benzene rings is 2. The van der Waals surface area contributed by atoms with E-state index in [1.165, 1.54) is 24.3 Å². The number of rotatable bonds is 5. The number of hydrogen-bond donors (Lipinski definition) is 2. The van der Waals surface area contributed by atoms with Gasteiger partial charge in [-0.3, -0.25) is 9.59 Å². The van der Waals surface area contributed by atoms with Gasteiger partial charge in [-0.1, -0.05) is 12.1 Å². The van der Waals surface area contributed by atoms with Crippen LogP contribution in [0, 0.1) is 5.82 Å². The Morgan fingerprint density at radius 2 is 1.85 bits per heavy atom. The van der Waals surface area contributed by atoms with Gasteiger partial charge in [0.15, 0.2) is 0 Å². The summed E-state index contributed by atoms with van der Waals surface area (Å²) in [5.74, 6) is -0.616. The molecule has 1 saturated heterocycles. The Hall–Kier alpha value is -2.73. The fourth-order valence-electron chi connectivity index (χ4n) is 2.98. The van der Waals surface area contributed by atoms with Crippen molar-refractivity contribution in [1.29, 1.82) is 0 Å². The van der Waals surface area contributed by atoms with Gasteiger partial charge in [-0.05, 0) is 55.3 Å². The second kappa shape index (κ2) is 7.25. The standard InChI is InChI=1S/C20H21FN2O3/c1-20(26,15-6-8-16(21)9-7-15)13-22-19(25)14-4-10-17(11-5-14)23-12-2-3-18(23)24/h4-11,26H,2-3,12-13H2,1H3,(H,22,25). The van der Waals surface area contributed by atoms with Gasteiger partial charge in [0.25, 0.3) is 5.91 Å². The zero-order chi connectivity index (χ0) is 18.7. The van der Waals surface area contributed by atoms with E-state index in [4.69, 9.17) is 0 Å². The molecule has 2 amide bonds. The van der Waals surface area contributed by atoms with E-state index in [1.54, 1.807) is 36.1 Å². The minimum Gasteiger partial charge on any atom is -0.384 e. The molecule has 5 nitrogen and oxygen atoms in total. The highest BCUT2D eigenvalue weighted by Gasteiger charge is 2.25. The number of hydrogen-bond acceptors (Lipinski definition) is 3. The van der Waals surface area contributed by atoms with Crippen LogP contribution in [0.5, 0.6) is 0 Å². The predicted octanol–water partition coefficient (Wildman–Crippen LogP) is 2.59. The molecule has 6 heteroatoms. The van der Waals surface area contributed by atoms with E-state index in [9.17, 15) is 19.1 Å². The van der Waals surface area contributed by atoms with Crippen LogP contribution in [0.15, 0.2) is 48.5 Å². The Balaban J connectivity index is 1.62. The zero-order valence-corrected chi connectivity index (χ0v) is 14.5. The monoisotopic (exact) mass is 356 g/mol. The van der Waals surface area contributed by atoms with Crippen LogP contribution in [0.4, 0.5) is 10.1 Å². The third-order valence-corrected chi connectivity index (χ3v) is 4.57. The van der Waals surface area contributed by atoms with Crippen molar-refractivity contribution in [1.82, 2.24) is 5.32 Å². The normalized spacial score (nSPS) is 16.4. The molecule has 0 aliphatic carbocycles. The summed E-state index contributed by atoms with van der Waals surface area (Å²) in [5.41, 5.74) is 0.422. The molecule has 1 unspecified atom stereocenters. The molecule has 1 atom stereocenters. The minimum atomic E-state index is -1.31. The molecular formula is C20H21FN2O3. The third-order valence-electron chi connectivity index (χ3n) is 4.57. The van der Waals surface area contributed by atoms with Crippen LogP contribution in [0.25, 0.3) is 0 Å². The second-order valence-electron chi connectivity index (χ2n) is 6.66. The molecule has 0 radical (unpaired) electrons. The van der Waals surface area contributed by atoms with E-state index in [-0.39, 0.29) is 24.2 Å². The fourth-order valence-corrected chi connectivity index (χ4v) is 2.98. The molecule has 0 saturated carbocycles. The molecule has 2 N–H and O–H groups in total. The number of nitrogens with zero attached hydrogens (tertiary/aromatic N) is 1. The maximum Gasteiger partial charge on any atom is 0.251 e. The largest absolute Gasteiger partial charge is 0.384 e. The molecule has 0 spiro atoms. The lowest BCUT2D eigenvalue weighted by Gasteiger charge is -2.24. The molecule has 0 bridgehead atoms. The molecule has 1 heterocycles. The second-order valence-corrected chi connectivity index (χ2v) is 6.66. The Morgan fingerprint density at radius 1 is 1.19 bits per heavy atom. The van der Waals surface area contributed by atoms with Crippen LogP contribution in [-0.2, 0) is 10.4 Å². The average molecular weight is 356 g/mol. The van der Waals surface area contributed by atoms with Crippen molar-refractivity contribution in [3.05, 3.63) is 65.5 Å². The van der Waals surface area contributed by atoms with Crippen molar-refractivity contribution in [2.24, 2.45) is 0 Å². The van der Waals surface area contributed by atoms with E-state index in [2.05, 4.69) is 5.32 Å². The van der Waals surface area contributed by atoms with E-state index in [0.717, 1.165) is 12.1 Å². The van der Waals surface area contributed by atoms with Gasteiger partial charge in [0, 0.05) is 24.2 Å². The number of aliphatic hydroxyl groups is 1. The van der Waals surface area contributed by atoms with E-state index in [1.807, 2.05) is 0 Å². The van der Waals surface area contributed by atoms with Gasteiger partial charge >= 0.3 is 0 Å². The Morgan fingerprint density at radius 3 is 2.42 bits per heavy atom. The van der Waals surface area contributed by atoms with Gasteiger partial charge < -0.3 is 15.3 Å². The van der Waals surface area contributed by atoms with Crippen molar-refractivity contribution in [2.45, 2.75) is 25.4 Å². The van der Waals surface area contributed by atoms with Gasteiger partial charge in [-0.15, -0.1) is 0 Å². The smallest absolute Gasteiger partial charge is 0.251 e. The molecule has 1 fully saturated rings. The molecule has 2 aromatic carbocycles. The molecule has 1 aliphatic rings. The van der Waals surface area contributed by atoms with Gasteiger partial charge in [-0.2, -0.15) is 0 Å². The van der Waals surface area contributed by atoms with Crippen molar-refractivity contribution in [3.63, 3.8) is 0 Å². The van der Waals surface area contributed by atoms with Crippen LogP contribution < -0.4 is 10.2 Å². The Kier molecular flexibility index (Phi) is 5.04. The quantitative estimate of drug-likeness (QED) is 0.865. The summed E-state index contributed by atoms with van der Waals surface area (Å²) in [6.07, 6.45) is 1.40. The first-order valence-corrected chi connectivity index (χ1v) is 8.54. The number of carbonyl (C=O) groups is 2. The fraction of sp³-hybridized carbons (Fsp3) is 0.300. The zero-order valence-electron chi connectivity index (χ0n) is 14.5. The van der Waals surface area contributed by atoms with Crippen LogP contribution in [0.3, 0.4) is 0 Å². The average Bonchev–Trinajstić information content (AvgIpc) is 3.06. The lowest BCUT2D eigenvalue weighted by atomic mass is 9.96. The first kappa shape index (κ1) is 18.1. The van der Waals surface area contributed by atoms with E-state index < -0.39 is 5.60 Å². The maximum atomic E-state index is 13.0. The molecular weight excluding hydrogens is 335 g/mol. The molecule has 3 rings (SSSR count). The molecule has 0 aromatic heterocycles. The van der Waals surface area contributed by atoms with E-state index >= 15 is 0 Å². The predicted molar refractivity (Wildman–Crippen MR) is 96.3 cm³/mol. The highest BCUT2D eigenvalue weighted by molar-refractivity contribution is 5.97. The summed E-state index contributed by atoms with van der Waals surface area (Å²) < 4.78 is 13.0. The van der Waals surface area contributed by atoms with Crippen molar-refractivity contribution in [2.75, 3.05) is 18.0 Å². The topological polar surface area (TPSA) is 69.6 Å². The molecule has 2 aromatic rings. The van der Waals surface area contributed by atoms with Crippen LogP contribution >= 0.6 is 0 Å². The van der Waals surface area contributed by atoms with Crippen LogP contribution in [0.2, 0.25) is 0 Å². The van der Waals surface area contributed by atoms with E-state index in [0.29, 0.717) is 24.1 Å². The summed E-state index contributed by atoms with van der Waals surface area (Å²) in [6, 6.07) is 12.3. The number of amides is 2. The lowest BCUT2D eigenvalue weighted by Crippen LogP contribution is -2.38. The summed E-state index contributed by atoms with van der Waals surface area (Å²) in [4.78, 5) is 25.8. The van der Waals surface area contributed by atoms with Gasteiger partial charge in [0.05, 0.1) is 6.54 Å². The highest BCUT2D eigenvalue weighted by Crippen LogP contribution is 2.22. The number of anilines is 1. The molecule has 136 valence electrons. The van der Waals surface area contributed by atoms with Crippen molar-refractivity contribution >= 4 is 17.5 Å². The van der Waals surface area contributed by atoms with Crippen LogP contribution in [0.1, 0.15) is 35.7 Å². The number of carbonyl (C=O) groups excluding carboxylic acids is 2. The summed E-state index contributed by atoms with van der Waals surface area (Å²) in [5, 5.41) is 13.2. The molecule has 1 aliphatic heterocycles. The van der Waals surface area contributed by atoms with Crippen molar-refractivity contribution < 1.29 is 19.1 Å². The first-order valence-electron chi connectivity index (χ1n) is 8.54. The number of halogens is 1. The minimum absolute atomic E-state index is 0.0101. The van der Waals surface area contributed by atoms with Crippen molar-refractivity contribution in [3.8, 4) is 0 Å². The van der Waals surface area contributed by atoms with Gasteiger partial charge in [0.2, 0.25) is 5.91 Å². The number of nitrogens with one attached hydrogen (secondary N) is 1. The maximum absolute atomic E-state index is 13.0. The van der Waals surface area contributed by atoms with Gasteiger partial charge in [0.1, 0.15) is 11.4 Å². The molecule has 26 heavy (non-hydrogen) atoms. The summed E-state index contributed by atoms with van der Waals surface area (Å²) in [7, 11) is 0. The van der Waals surface area contributed by atoms with Crippen LogP contribution in [-0.4, -0.2) is 30.0 Å². The SMILES string of the molecule is CC(O)(CNC(=O)c1ccc(N2CCCC2=O)cc1)c1ccc(F)cc1. The highest BCUT2D eigenvalue weighted by atomic mass is 19.1. The lowest BCUT2D eigenvalue weighted by molar-refractivity contribution is -0.117. The summed E-state index contributed by atoms with van der Waals surface area (Å²) in [6.45, 7) is 2.25. The summed E-state index contributed by atoms with van der Waals surface area (Å²) >= 11 is 0.